The maximum atomic E-state index is 12.6. The molecule has 0 radical (unpaired) electrons. The van der Waals surface area contributed by atoms with Crippen LogP contribution in [0.15, 0.2) is 42.5 Å². The van der Waals surface area contributed by atoms with Crippen molar-refractivity contribution in [2.45, 2.75) is 6.92 Å². The summed E-state index contributed by atoms with van der Waals surface area (Å²) in [4.78, 5) is 14.2. The van der Waals surface area contributed by atoms with Gasteiger partial charge in [0.15, 0.2) is 0 Å². The molecule has 3 nitrogen and oxygen atoms in total. The summed E-state index contributed by atoms with van der Waals surface area (Å²) in [6.07, 6.45) is 0. The zero-order valence-electron chi connectivity index (χ0n) is 10.9. The van der Waals surface area contributed by atoms with E-state index in [1.54, 1.807) is 35.2 Å². The highest BCUT2D eigenvalue weighted by Gasteiger charge is 2.21. The third-order valence-electron chi connectivity index (χ3n) is 2.97. The lowest BCUT2D eigenvalue weighted by Crippen LogP contribution is -2.31. The Balaban J connectivity index is 2.45. The molecule has 0 fully saturated rings. The molecule has 0 bridgehead atoms. The molecule has 0 saturated heterocycles. The Morgan fingerprint density at radius 2 is 1.85 bits per heavy atom. The van der Waals surface area contributed by atoms with Gasteiger partial charge in [-0.25, -0.2) is 0 Å². The van der Waals surface area contributed by atoms with E-state index in [9.17, 15) is 4.79 Å². The molecule has 2 aromatic rings. The van der Waals surface area contributed by atoms with Crippen molar-refractivity contribution in [3.05, 3.63) is 58.1 Å². The second-order valence-electron chi connectivity index (χ2n) is 4.21. The maximum absolute atomic E-state index is 12.6. The van der Waals surface area contributed by atoms with E-state index in [1.807, 2.05) is 19.1 Å². The Labute approximate surface area is 127 Å². The molecule has 0 atom stereocenters. The lowest BCUT2D eigenvalue weighted by molar-refractivity contribution is 0.0988. The van der Waals surface area contributed by atoms with Crippen molar-refractivity contribution in [3.63, 3.8) is 0 Å². The van der Waals surface area contributed by atoms with Crippen LogP contribution in [0.4, 0.5) is 11.4 Å². The van der Waals surface area contributed by atoms with Crippen LogP contribution in [0.1, 0.15) is 17.3 Å². The number of carbonyl (C=O) groups is 1. The van der Waals surface area contributed by atoms with Crippen LogP contribution in [-0.4, -0.2) is 12.5 Å². The van der Waals surface area contributed by atoms with E-state index in [0.717, 1.165) is 0 Å². The topological polar surface area (TPSA) is 46.3 Å². The fourth-order valence-corrected chi connectivity index (χ4v) is 2.35. The molecule has 2 N–H and O–H groups in total. The summed E-state index contributed by atoms with van der Waals surface area (Å²) in [6.45, 7) is 2.36. The maximum Gasteiger partial charge on any atom is 0.259 e. The summed E-state index contributed by atoms with van der Waals surface area (Å²) in [5.74, 6) is -0.224. The number of carbonyl (C=O) groups excluding carboxylic acids is 1. The Morgan fingerprint density at radius 3 is 2.50 bits per heavy atom. The molecule has 5 heteroatoms. The van der Waals surface area contributed by atoms with E-state index in [0.29, 0.717) is 28.5 Å². The predicted molar refractivity (Wildman–Crippen MR) is 84.7 cm³/mol. The number of rotatable bonds is 3. The van der Waals surface area contributed by atoms with Crippen LogP contribution in [0.25, 0.3) is 0 Å². The summed E-state index contributed by atoms with van der Waals surface area (Å²) >= 11 is 12.1. The zero-order valence-corrected chi connectivity index (χ0v) is 12.4. The predicted octanol–water partition coefficient (Wildman–Crippen LogP) is 4.24. The van der Waals surface area contributed by atoms with Gasteiger partial charge in [0.1, 0.15) is 0 Å². The molecule has 104 valence electrons. The van der Waals surface area contributed by atoms with Gasteiger partial charge in [0.25, 0.3) is 5.91 Å². The highest BCUT2D eigenvalue weighted by Crippen LogP contribution is 2.29. The standard InChI is InChI=1S/C15H14Cl2N2O/c1-2-19(13-9-4-3-8-12(13)18)15(20)10-6-5-7-11(16)14(10)17/h3-9H,2,18H2,1H3. The van der Waals surface area contributed by atoms with Gasteiger partial charge in [0, 0.05) is 6.54 Å². The molecular formula is C15H14Cl2N2O. The molecule has 0 spiro atoms. The third kappa shape index (κ3) is 2.74. The minimum Gasteiger partial charge on any atom is -0.397 e. The molecule has 0 aromatic heterocycles. The molecule has 2 aromatic carbocycles. The van der Waals surface area contributed by atoms with Crippen LogP contribution < -0.4 is 10.6 Å². The summed E-state index contributed by atoms with van der Waals surface area (Å²) in [7, 11) is 0. The van der Waals surface area contributed by atoms with Crippen LogP contribution in [0.2, 0.25) is 10.0 Å². The number of nitrogens with zero attached hydrogens (tertiary/aromatic N) is 1. The van der Waals surface area contributed by atoms with Crippen molar-refractivity contribution < 1.29 is 4.79 Å². The summed E-state index contributed by atoms with van der Waals surface area (Å²) in [6, 6.07) is 12.2. The average Bonchev–Trinajstić information content (AvgIpc) is 2.44. The Kier molecular flexibility index (Phi) is 4.53. The van der Waals surface area contributed by atoms with E-state index >= 15 is 0 Å². The molecule has 0 heterocycles. The van der Waals surface area contributed by atoms with Crippen LogP contribution in [0.3, 0.4) is 0 Å². The van der Waals surface area contributed by atoms with Gasteiger partial charge >= 0.3 is 0 Å². The summed E-state index contributed by atoms with van der Waals surface area (Å²) in [5.41, 5.74) is 7.50. The molecule has 2 rings (SSSR count). The largest absolute Gasteiger partial charge is 0.397 e. The second-order valence-corrected chi connectivity index (χ2v) is 4.99. The first-order valence-electron chi connectivity index (χ1n) is 6.16. The van der Waals surface area contributed by atoms with Crippen LogP contribution in [0.5, 0.6) is 0 Å². The van der Waals surface area contributed by atoms with Gasteiger partial charge < -0.3 is 10.6 Å². The van der Waals surface area contributed by atoms with Crippen molar-refractivity contribution in [1.82, 2.24) is 0 Å². The molecular weight excluding hydrogens is 295 g/mol. The van der Waals surface area contributed by atoms with E-state index in [4.69, 9.17) is 28.9 Å². The van der Waals surface area contributed by atoms with Crippen molar-refractivity contribution in [2.24, 2.45) is 0 Å². The SMILES string of the molecule is CCN(C(=O)c1cccc(Cl)c1Cl)c1ccccc1N. The van der Waals surface area contributed by atoms with Crippen LogP contribution >= 0.6 is 23.2 Å². The molecule has 0 aliphatic heterocycles. The summed E-state index contributed by atoms with van der Waals surface area (Å²) < 4.78 is 0. The van der Waals surface area contributed by atoms with E-state index < -0.39 is 0 Å². The van der Waals surface area contributed by atoms with Gasteiger partial charge in [-0.1, -0.05) is 41.4 Å². The molecule has 20 heavy (non-hydrogen) atoms. The Hall–Kier alpha value is -1.71. The minimum atomic E-state index is -0.224. The monoisotopic (exact) mass is 308 g/mol. The van der Waals surface area contributed by atoms with E-state index in [2.05, 4.69) is 0 Å². The van der Waals surface area contributed by atoms with Gasteiger partial charge in [0.05, 0.1) is 27.0 Å². The molecule has 0 aliphatic rings. The number of halogens is 2. The van der Waals surface area contributed by atoms with Crippen molar-refractivity contribution in [2.75, 3.05) is 17.2 Å². The van der Waals surface area contributed by atoms with Gasteiger partial charge in [-0.3, -0.25) is 4.79 Å². The number of para-hydroxylation sites is 2. The first-order chi connectivity index (χ1) is 9.56. The first-order valence-corrected chi connectivity index (χ1v) is 6.92. The van der Waals surface area contributed by atoms with Gasteiger partial charge in [-0.2, -0.15) is 0 Å². The van der Waals surface area contributed by atoms with Gasteiger partial charge in [-0.15, -0.1) is 0 Å². The van der Waals surface area contributed by atoms with Gasteiger partial charge in [0.2, 0.25) is 0 Å². The highest BCUT2D eigenvalue weighted by molar-refractivity contribution is 6.44. The van der Waals surface area contributed by atoms with Crippen molar-refractivity contribution >= 4 is 40.5 Å². The molecule has 0 aliphatic carbocycles. The lowest BCUT2D eigenvalue weighted by Gasteiger charge is -2.23. The van der Waals surface area contributed by atoms with Gasteiger partial charge in [-0.05, 0) is 31.2 Å². The normalized spacial score (nSPS) is 10.3. The molecule has 1 amide bonds. The number of hydrogen-bond acceptors (Lipinski definition) is 2. The first kappa shape index (κ1) is 14.7. The number of nitrogen functional groups attached to an aromatic ring is 1. The summed E-state index contributed by atoms with van der Waals surface area (Å²) in [5, 5.41) is 0.613. The molecule has 0 unspecified atom stereocenters. The smallest absolute Gasteiger partial charge is 0.259 e. The molecule has 0 saturated carbocycles. The number of amides is 1. The second kappa shape index (κ2) is 6.16. The minimum absolute atomic E-state index is 0.224. The number of hydrogen-bond donors (Lipinski definition) is 1. The van der Waals surface area contributed by atoms with Crippen molar-refractivity contribution in [3.8, 4) is 0 Å². The fourth-order valence-electron chi connectivity index (χ4n) is 1.97. The van der Waals surface area contributed by atoms with Crippen LogP contribution in [-0.2, 0) is 0 Å². The Bertz CT molecular complexity index is 644. The van der Waals surface area contributed by atoms with E-state index in [1.165, 1.54) is 0 Å². The Morgan fingerprint density at radius 1 is 1.15 bits per heavy atom. The lowest BCUT2D eigenvalue weighted by atomic mass is 10.1. The van der Waals surface area contributed by atoms with E-state index in [-0.39, 0.29) is 10.9 Å². The fraction of sp³-hybridized carbons (Fsp3) is 0.133. The number of nitrogens with two attached hydrogens (primary N) is 1. The quantitative estimate of drug-likeness (QED) is 0.862. The average molecular weight is 309 g/mol. The zero-order chi connectivity index (χ0) is 14.7. The van der Waals surface area contributed by atoms with Crippen molar-refractivity contribution in [1.29, 1.82) is 0 Å². The number of benzene rings is 2. The number of anilines is 2. The highest BCUT2D eigenvalue weighted by atomic mass is 35.5. The third-order valence-corrected chi connectivity index (χ3v) is 3.79. The van der Waals surface area contributed by atoms with Crippen LogP contribution in [0, 0.1) is 0 Å².